The van der Waals surface area contributed by atoms with Gasteiger partial charge in [0.15, 0.2) is 5.82 Å². The van der Waals surface area contributed by atoms with Crippen molar-refractivity contribution >= 4 is 29.0 Å². The molecule has 1 fully saturated rings. The molecule has 0 radical (unpaired) electrons. The maximum Gasteiger partial charge on any atom is 0.342 e. The maximum atomic E-state index is 14.5. The monoisotopic (exact) mass is 391 g/mol. The van der Waals surface area contributed by atoms with Crippen molar-refractivity contribution in [1.29, 1.82) is 0 Å². The fraction of sp³-hybridized carbons (Fsp3) is 0.421. The quantitative estimate of drug-likeness (QED) is 0.864. The van der Waals surface area contributed by atoms with Gasteiger partial charge in [0.2, 0.25) is 5.95 Å². The van der Waals surface area contributed by atoms with Crippen molar-refractivity contribution in [3.05, 3.63) is 36.3 Å². The molecule has 1 amide bonds. The van der Waals surface area contributed by atoms with Crippen LogP contribution in [0.25, 0.3) is 0 Å². The molecule has 148 valence electrons. The summed E-state index contributed by atoms with van der Waals surface area (Å²) in [6.45, 7) is -0.718. The predicted molar refractivity (Wildman–Crippen MR) is 99.7 cm³/mol. The molecule has 4 rings (SSSR count). The second-order valence-electron chi connectivity index (χ2n) is 7.17. The molecular formula is C19H20F3N5O. The topological polar surface area (TPSA) is 61.4 Å². The number of benzene rings is 1. The zero-order valence-electron chi connectivity index (χ0n) is 15.3. The highest BCUT2D eigenvalue weighted by molar-refractivity contribution is 6.02. The Labute approximate surface area is 160 Å². The van der Waals surface area contributed by atoms with Crippen LogP contribution in [0.4, 0.5) is 36.3 Å². The Morgan fingerprint density at radius 3 is 2.71 bits per heavy atom. The van der Waals surface area contributed by atoms with Crippen LogP contribution < -0.4 is 15.1 Å². The van der Waals surface area contributed by atoms with Crippen LogP contribution in [0.3, 0.4) is 0 Å². The lowest BCUT2D eigenvalue weighted by molar-refractivity contribution is -0.140. The van der Waals surface area contributed by atoms with E-state index in [1.165, 1.54) is 30.3 Å². The summed E-state index contributed by atoms with van der Waals surface area (Å²) in [6.07, 6.45) is 4.79. The van der Waals surface area contributed by atoms with E-state index in [4.69, 9.17) is 0 Å². The summed E-state index contributed by atoms with van der Waals surface area (Å²) in [7, 11) is 1.30. The number of hydrogen-bond donors (Lipinski definition) is 1. The summed E-state index contributed by atoms with van der Waals surface area (Å²) >= 11 is 0. The van der Waals surface area contributed by atoms with Gasteiger partial charge in [-0.05, 0) is 31.0 Å². The van der Waals surface area contributed by atoms with Crippen molar-refractivity contribution in [3.63, 3.8) is 0 Å². The first-order valence-electron chi connectivity index (χ1n) is 9.17. The zero-order chi connectivity index (χ0) is 19.9. The van der Waals surface area contributed by atoms with E-state index in [9.17, 15) is 18.0 Å². The average Bonchev–Trinajstić information content (AvgIpc) is 3.17. The van der Waals surface area contributed by atoms with Crippen LogP contribution in [0.2, 0.25) is 0 Å². The van der Waals surface area contributed by atoms with Crippen molar-refractivity contribution in [2.45, 2.75) is 37.6 Å². The van der Waals surface area contributed by atoms with Gasteiger partial charge in [-0.25, -0.2) is 9.37 Å². The largest absolute Gasteiger partial charge is 0.345 e. The number of carbonyl (C=O) groups is 1. The van der Waals surface area contributed by atoms with Crippen LogP contribution in [-0.2, 0) is 4.79 Å². The van der Waals surface area contributed by atoms with Crippen LogP contribution in [0, 0.1) is 5.82 Å². The van der Waals surface area contributed by atoms with Crippen LogP contribution in [-0.4, -0.2) is 41.4 Å². The Hall–Kier alpha value is -2.84. The van der Waals surface area contributed by atoms with Gasteiger partial charge in [-0.1, -0.05) is 18.9 Å². The minimum atomic E-state index is -3.52. The number of anilines is 4. The summed E-state index contributed by atoms with van der Waals surface area (Å²) < 4.78 is 42.5. The number of aromatic nitrogens is 2. The van der Waals surface area contributed by atoms with E-state index in [1.54, 1.807) is 12.1 Å². The van der Waals surface area contributed by atoms with E-state index in [0.717, 1.165) is 30.6 Å². The molecular weight excluding hydrogens is 371 g/mol. The van der Waals surface area contributed by atoms with Crippen LogP contribution in [0.5, 0.6) is 0 Å². The highest BCUT2D eigenvalue weighted by atomic mass is 19.3. The Bertz CT molecular complexity index is 901. The normalized spacial score (nSPS) is 19.5. The molecule has 1 aromatic carbocycles. The van der Waals surface area contributed by atoms with E-state index in [1.807, 2.05) is 0 Å². The lowest BCUT2D eigenvalue weighted by Crippen LogP contribution is -2.48. The number of carbonyl (C=O) groups excluding carboxylic acids is 1. The van der Waals surface area contributed by atoms with Gasteiger partial charge >= 0.3 is 5.92 Å². The molecule has 1 N–H and O–H groups in total. The number of nitrogens with zero attached hydrogens (tertiary/aromatic N) is 4. The maximum absolute atomic E-state index is 14.5. The SMILES string of the molecule is CN1C(=O)C(F)(F)CN(C2CCCC2)c2nc(Nc3cccc(F)c3)ncc21. The smallest absolute Gasteiger partial charge is 0.342 e. The first-order valence-corrected chi connectivity index (χ1v) is 9.17. The van der Waals surface area contributed by atoms with Gasteiger partial charge in [-0.15, -0.1) is 0 Å². The summed E-state index contributed by atoms with van der Waals surface area (Å²) in [5.41, 5.74) is 0.676. The van der Waals surface area contributed by atoms with Gasteiger partial charge in [0.1, 0.15) is 11.5 Å². The molecule has 1 saturated carbocycles. The third kappa shape index (κ3) is 3.36. The number of rotatable bonds is 3. The highest BCUT2D eigenvalue weighted by Gasteiger charge is 2.48. The number of fused-ring (bicyclic) bond motifs is 1. The fourth-order valence-corrected chi connectivity index (χ4v) is 3.80. The van der Waals surface area contributed by atoms with Crippen molar-refractivity contribution < 1.29 is 18.0 Å². The van der Waals surface area contributed by atoms with E-state index < -0.39 is 24.2 Å². The molecule has 0 spiro atoms. The number of halogens is 3. The van der Waals surface area contributed by atoms with Crippen LogP contribution >= 0.6 is 0 Å². The molecule has 1 aliphatic heterocycles. The lowest BCUT2D eigenvalue weighted by Gasteiger charge is -2.31. The Kier molecular flexibility index (Phi) is 4.60. The number of nitrogens with one attached hydrogen (secondary N) is 1. The van der Waals surface area contributed by atoms with Crippen LogP contribution in [0.15, 0.2) is 30.5 Å². The first-order chi connectivity index (χ1) is 13.3. The van der Waals surface area contributed by atoms with Crippen LogP contribution in [0.1, 0.15) is 25.7 Å². The van der Waals surface area contributed by atoms with Crippen molar-refractivity contribution in [2.24, 2.45) is 0 Å². The molecule has 1 aromatic heterocycles. The molecule has 1 aliphatic carbocycles. The molecule has 2 aliphatic rings. The third-order valence-electron chi connectivity index (χ3n) is 5.22. The van der Waals surface area contributed by atoms with Gasteiger partial charge in [0.05, 0.1) is 12.7 Å². The summed E-state index contributed by atoms with van der Waals surface area (Å²) in [4.78, 5) is 23.3. The summed E-state index contributed by atoms with van der Waals surface area (Å²) in [6, 6.07) is 5.68. The van der Waals surface area contributed by atoms with Crippen molar-refractivity contribution in [1.82, 2.24) is 9.97 Å². The highest BCUT2D eigenvalue weighted by Crippen LogP contribution is 2.39. The van der Waals surface area contributed by atoms with Crippen molar-refractivity contribution in [3.8, 4) is 0 Å². The van der Waals surface area contributed by atoms with E-state index in [-0.39, 0.29) is 23.5 Å². The van der Waals surface area contributed by atoms with Gasteiger partial charge in [0, 0.05) is 18.8 Å². The summed E-state index contributed by atoms with van der Waals surface area (Å²) in [5.74, 6) is -4.78. The molecule has 2 aromatic rings. The van der Waals surface area contributed by atoms with E-state index in [0.29, 0.717) is 5.69 Å². The number of hydrogen-bond acceptors (Lipinski definition) is 5. The molecule has 0 unspecified atom stereocenters. The second kappa shape index (κ2) is 6.96. The lowest BCUT2D eigenvalue weighted by atomic mass is 10.2. The van der Waals surface area contributed by atoms with Gasteiger partial charge in [-0.2, -0.15) is 13.8 Å². The van der Waals surface area contributed by atoms with Gasteiger partial charge in [-0.3, -0.25) is 4.79 Å². The molecule has 0 bridgehead atoms. The number of amides is 1. The average molecular weight is 391 g/mol. The third-order valence-corrected chi connectivity index (χ3v) is 5.22. The Morgan fingerprint density at radius 2 is 2.00 bits per heavy atom. The molecule has 6 nitrogen and oxygen atoms in total. The minimum Gasteiger partial charge on any atom is -0.345 e. The Morgan fingerprint density at radius 1 is 1.25 bits per heavy atom. The molecule has 9 heteroatoms. The van der Waals surface area contributed by atoms with Gasteiger partial charge < -0.3 is 15.1 Å². The Balaban J connectivity index is 1.75. The van der Waals surface area contributed by atoms with Crippen molar-refractivity contribution in [2.75, 3.05) is 28.7 Å². The fourth-order valence-electron chi connectivity index (χ4n) is 3.80. The minimum absolute atomic E-state index is 0.110. The summed E-state index contributed by atoms with van der Waals surface area (Å²) in [5, 5.41) is 2.89. The number of alkyl halides is 2. The molecule has 0 saturated heterocycles. The molecule has 2 heterocycles. The van der Waals surface area contributed by atoms with E-state index >= 15 is 0 Å². The van der Waals surface area contributed by atoms with E-state index in [2.05, 4.69) is 15.3 Å². The molecule has 0 atom stereocenters. The standard InChI is InChI=1S/C19H20F3N5O/c1-26-15-10-23-18(24-13-6-4-5-12(20)9-13)25-16(15)27(14-7-2-3-8-14)11-19(21,22)17(26)28/h4-6,9-10,14H,2-3,7-8,11H2,1H3,(H,23,24,25). The molecule has 28 heavy (non-hydrogen) atoms. The zero-order valence-corrected chi connectivity index (χ0v) is 15.3. The second-order valence-corrected chi connectivity index (χ2v) is 7.17. The predicted octanol–water partition coefficient (Wildman–Crippen LogP) is 3.72. The first kappa shape index (κ1) is 18.5. The van der Waals surface area contributed by atoms with Gasteiger partial charge in [0.25, 0.3) is 5.91 Å².